The van der Waals surface area contributed by atoms with E-state index in [0.29, 0.717) is 35.6 Å². The van der Waals surface area contributed by atoms with Gasteiger partial charge in [-0.2, -0.15) is 0 Å². The van der Waals surface area contributed by atoms with Gasteiger partial charge in [-0.25, -0.2) is 22.5 Å². The molecule has 32 heavy (non-hydrogen) atoms. The molecule has 0 bridgehead atoms. The molecule has 0 saturated heterocycles. The van der Waals surface area contributed by atoms with Crippen LogP contribution < -0.4 is 5.32 Å². The van der Waals surface area contributed by atoms with E-state index in [-0.39, 0.29) is 17.2 Å². The van der Waals surface area contributed by atoms with Crippen LogP contribution in [-0.2, 0) is 33.0 Å². The van der Waals surface area contributed by atoms with Crippen molar-refractivity contribution in [2.75, 3.05) is 26.0 Å². The van der Waals surface area contributed by atoms with Crippen molar-refractivity contribution in [3.8, 4) is 0 Å². The molecule has 3 aromatic rings. The van der Waals surface area contributed by atoms with Crippen LogP contribution in [0.2, 0.25) is 0 Å². The maximum atomic E-state index is 12.4. The van der Waals surface area contributed by atoms with E-state index in [2.05, 4.69) is 10.3 Å². The van der Waals surface area contributed by atoms with Gasteiger partial charge in [-0.1, -0.05) is 0 Å². The first-order valence-electron chi connectivity index (χ1n) is 10.1. The molecule has 1 aromatic heterocycles. The lowest BCUT2D eigenvalue weighted by Gasteiger charge is -2.10. The van der Waals surface area contributed by atoms with Crippen molar-refractivity contribution < 1.29 is 22.7 Å². The molecule has 0 aliphatic rings. The van der Waals surface area contributed by atoms with Crippen molar-refractivity contribution in [1.82, 2.24) is 13.9 Å². The Hall–Kier alpha value is -3.24. The van der Waals surface area contributed by atoms with E-state index in [1.54, 1.807) is 49.4 Å². The number of anilines is 1. The summed E-state index contributed by atoms with van der Waals surface area (Å²) in [7, 11) is 1.23. The third-order valence-corrected chi connectivity index (χ3v) is 6.79. The molecule has 1 amide bonds. The smallest absolute Gasteiger partial charge is 0.338 e. The number of ether oxygens (including phenoxy) is 1. The van der Waals surface area contributed by atoms with E-state index in [0.717, 1.165) is 9.82 Å². The first-order valence-corrected chi connectivity index (χ1v) is 11.5. The Morgan fingerprint density at radius 2 is 1.81 bits per heavy atom. The predicted molar refractivity (Wildman–Crippen MR) is 121 cm³/mol. The third kappa shape index (κ3) is 4.97. The van der Waals surface area contributed by atoms with Gasteiger partial charge in [-0.3, -0.25) is 4.79 Å². The van der Waals surface area contributed by atoms with Crippen molar-refractivity contribution >= 4 is 38.6 Å². The van der Waals surface area contributed by atoms with Crippen LogP contribution >= 0.6 is 0 Å². The number of sulfonamides is 1. The second-order valence-electron chi connectivity index (χ2n) is 7.37. The summed E-state index contributed by atoms with van der Waals surface area (Å²) < 4.78 is 32.7. The van der Waals surface area contributed by atoms with Gasteiger partial charge in [0.25, 0.3) is 0 Å². The lowest BCUT2D eigenvalue weighted by atomic mass is 10.2. The number of aryl methyl sites for hydroxylation is 2. The molecule has 1 N–H and O–H groups in total. The normalized spacial score (nSPS) is 11.7. The molecular weight excluding hydrogens is 432 g/mol. The molecule has 10 heteroatoms. The summed E-state index contributed by atoms with van der Waals surface area (Å²) in [4.78, 5) is 28.8. The van der Waals surface area contributed by atoms with Crippen LogP contribution in [0, 0.1) is 0 Å². The van der Waals surface area contributed by atoms with E-state index >= 15 is 0 Å². The van der Waals surface area contributed by atoms with E-state index in [9.17, 15) is 18.0 Å². The number of nitrogens with zero attached hydrogens (tertiary/aromatic N) is 3. The molecule has 0 saturated carbocycles. The minimum atomic E-state index is -3.55. The third-order valence-electron chi connectivity index (χ3n) is 4.98. The summed E-state index contributed by atoms with van der Waals surface area (Å²) in [6.45, 7) is 2.04. The highest BCUT2D eigenvalue weighted by Crippen LogP contribution is 2.22. The number of aromatic nitrogens is 2. The van der Waals surface area contributed by atoms with Gasteiger partial charge in [0.1, 0.15) is 5.82 Å². The number of fused-ring (bicyclic) bond motifs is 1. The zero-order valence-electron chi connectivity index (χ0n) is 18.5. The monoisotopic (exact) mass is 458 g/mol. The Labute approximate surface area is 187 Å². The Morgan fingerprint density at radius 1 is 1.12 bits per heavy atom. The van der Waals surface area contributed by atoms with Crippen LogP contribution in [0.5, 0.6) is 0 Å². The van der Waals surface area contributed by atoms with Crippen LogP contribution in [0.25, 0.3) is 11.0 Å². The fraction of sp³-hybridized carbons (Fsp3) is 0.318. The topological polar surface area (TPSA) is 111 Å². The highest BCUT2D eigenvalue weighted by Gasteiger charge is 2.19. The van der Waals surface area contributed by atoms with Crippen LogP contribution in [0.3, 0.4) is 0 Å². The van der Waals surface area contributed by atoms with Gasteiger partial charge in [-0.05, 0) is 49.4 Å². The summed E-state index contributed by atoms with van der Waals surface area (Å²) >= 11 is 0. The first-order chi connectivity index (χ1) is 15.1. The summed E-state index contributed by atoms with van der Waals surface area (Å²) in [6.07, 6.45) is 0.577. The van der Waals surface area contributed by atoms with Crippen LogP contribution in [0.15, 0.2) is 47.4 Å². The Kier molecular flexibility index (Phi) is 6.95. The van der Waals surface area contributed by atoms with Crippen molar-refractivity contribution in [3.05, 3.63) is 53.9 Å². The molecular formula is C22H26N4O5S. The highest BCUT2D eigenvalue weighted by atomic mass is 32.2. The van der Waals surface area contributed by atoms with Gasteiger partial charge >= 0.3 is 5.97 Å². The van der Waals surface area contributed by atoms with Gasteiger partial charge in [0.05, 0.1) is 28.1 Å². The van der Waals surface area contributed by atoms with E-state index < -0.39 is 16.0 Å². The summed E-state index contributed by atoms with van der Waals surface area (Å²) in [5.41, 5.74) is 2.33. The molecule has 9 nitrogen and oxygen atoms in total. The van der Waals surface area contributed by atoms with Gasteiger partial charge in [0, 0.05) is 39.7 Å². The zero-order chi connectivity index (χ0) is 23.5. The molecule has 0 unspecified atom stereocenters. The van der Waals surface area contributed by atoms with Gasteiger partial charge in [0.15, 0.2) is 0 Å². The minimum absolute atomic E-state index is 0.170. The average molecular weight is 459 g/mol. The highest BCUT2D eigenvalue weighted by molar-refractivity contribution is 7.89. The van der Waals surface area contributed by atoms with Crippen molar-refractivity contribution in [2.24, 2.45) is 7.05 Å². The van der Waals surface area contributed by atoms with Crippen LogP contribution in [0.1, 0.15) is 29.5 Å². The number of imidazole rings is 1. The fourth-order valence-corrected chi connectivity index (χ4v) is 4.10. The van der Waals surface area contributed by atoms with Gasteiger partial charge in [-0.15, -0.1) is 0 Å². The Bertz CT molecular complexity index is 1250. The Balaban J connectivity index is 1.67. The number of carbonyl (C=O) groups excluding carboxylic acids is 2. The molecule has 170 valence electrons. The number of rotatable bonds is 8. The maximum Gasteiger partial charge on any atom is 0.338 e. The summed E-state index contributed by atoms with van der Waals surface area (Å²) in [6, 6.07) is 11.3. The standard InChI is InChI=1S/C22H26N4O5S/c1-5-31-22(28)15-6-8-16(9-7-15)23-21(27)13-12-20-24-18-14-17(32(29,30)25(2)3)10-11-19(18)26(20)4/h6-11,14H,5,12-13H2,1-4H3,(H,23,27). The van der Waals surface area contributed by atoms with Crippen molar-refractivity contribution in [3.63, 3.8) is 0 Å². The van der Waals surface area contributed by atoms with E-state index in [1.807, 2.05) is 11.6 Å². The van der Waals surface area contributed by atoms with E-state index in [4.69, 9.17) is 4.74 Å². The molecule has 0 aliphatic carbocycles. The molecule has 3 rings (SSSR count). The Morgan fingerprint density at radius 3 is 2.44 bits per heavy atom. The lowest BCUT2D eigenvalue weighted by Crippen LogP contribution is -2.22. The number of esters is 1. The SMILES string of the molecule is CCOC(=O)c1ccc(NC(=O)CCc2nc3cc(S(=O)(=O)N(C)C)ccc3n2C)cc1. The maximum absolute atomic E-state index is 12.4. The second kappa shape index (κ2) is 9.49. The van der Waals surface area contributed by atoms with E-state index in [1.165, 1.54) is 14.1 Å². The average Bonchev–Trinajstić information content (AvgIpc) is 3.08. The number of carbonyl (C=O) groups is 2. The molecule has 0 spiro atoms. The zero-order valence-corrected chi connectivity index (χ0v) is 19.3. The largest absolute Gasteiger partial charge is 0.462 e. The second-order valence-corrected chi connectivity index (χ2v) is 9.52. The quantitative estimate of drug-likeness (QED) is 0.520. The van der Waals surface area contributed by atoms with Crippen molar-refractivity contribution in [2.45, 2.75) is 24.7 Å². The molecule has 0 aliphatic heterocycles. The van der Waals surface area contributed by atoms with Gasteiger partial charge < -0.3 is 14.6 Å². The van der Waals surface area contributed by atoms with Crippen LogP contribution in [0.4, 0.5) is 5.69 Å². The number of hydrogen-bond acceptors (Lipinski definition) is 6. The van der Waals surface area contributed by atoms with Crippen LogP contribution in [-0.4, -0.2) is 54.9 Å². The number of benzene rings is 2. The first kappa shape index (κ1) is 23.4. The predicted octanol–water partition coefficient (Wildman–Crippen LogP) is 2.57. The number of amides is 1. The summed E-state index contributed by atoms with van der Waals surface area (Å²) in [5.74, 6) is 0.0674. The minimum Gasteiger partial charge on any atom is -0.462 e. The molecule has 0 fully saturated rings. The number of hydrogen-bond donors (Lipinski definition) is 1. The van der Waals surface area contributed by atoms with Crippen molar-refractivity contribution in [1.29, 1.82) is 0 Å². The molecule has 0 atom stereocenters. The lowest BCUT2D eigenvalue weighted by molar-refractivity contribution is -0.116. The molecule has 1 heterocycles. The molecule has 0 radical (unpaired) electrons. The molecule has 2 aromatic carbocycles. The van der Waals surface area contributed by atoms with Gasteiger partial charge in [0.2, 0.25) is 15.9 Å². The number of nitrogens with one attached hydrogen (secondary N) is 1. The summed E-state index contributed by atoms with van der Waals surface area (Å²) in [5, 5.41) is 2.79. The fourth-order valence-electron chi connectivity index (χ4n) is 3.18.